The summed E-state index contributed by atoms with van der Waals surface area (Å²) in [5.74, 6) is 2.14. The number of hydrogen-bond donors (Lipinski definition) is 0. The number of fused-ring (bicyclic) bond motifs is 2. The molecule has 2 aliphatic carbocycles. The molecular weight excluding hydrogens is 236 g/mol. The highest BCUT2D eigenvalue weighted by Crippen LogP contribution is 2.38. The van der Waals surface area contributed by atoms with E-state index in [4.69, 9.17) is 11.6 Å². The highest BCUT2D eigenvalue weighted by atomic mass is 35.5. The molecule has 4 nitrogen and oxygen atoms in total. The third-order valence-corrected chi connectivity index (χ3v) is 4.05. The lowest BCUT2D eigenvalue weighted by Gasteiger charge is -2.15. The lowest BCUT2D eigenvalue weighted by Crippen LogP contribution is -2.10. The Hall–Kier alpha value is -1.16. The van der Waals surface area contributed by atoms with E-state index in [0.29, 0.717) is 11.7 Å². The number of rotatable bonds is 1. The molecule has 0 N–H and O–H groups in total. The van der Waals surface area contributed by atoms with Gasteiger partial charge in [-0.25, -0.2) is 4.98 Å². The predicted molar refractivity (Wildman–Crippen MR) is 64.4 cm³/mol. The minimum atomic E-state index is 0.546. The summed E-state index contributed by atoms with van der Waals surface area (Å²) >= 11 is 6.42. The zero-order valence-corrected chi connectivity index (χ0v) is 10.2. The van der Waals surface area contributed by atoms with Crippen molar-refractivity contribution in [1.29, 1.82) is 0 Å². The Kier molecular flexibility index (Phi) is 1.98. The molecule has 0 aliphatic heterocycles. The van der Waals surface area contributed by atoms with Crippen molar-refractivity contribution in [2.24, 2.45) is 0 Å². The summed E-state index contributed by atoms with van der Waals surface area (Å²) in [5, 5.41) is 5.22. The first-order valence-electron chi connectivity index (χ1n) is 6.27. The van der Waals surface area contributed by atoms with Crippen LogP contribution < -0.4 is 0 Å². The SMILES string of the molecule is Clc1c2c(nc3nc(C4CC4)nn13)CCCC2. The van der Waals surface area contributed by atoms with Gasteiger partial charge < -0.3 is 0 Å². The molecule has 0 bridgehead atoms. The van der Waals surface area contributed by atoms with E-state index in [1.165, 1.54) is 31.2 Å². The van der Waals surface area contributed by atoms with Crippen molar-refractivity contribution in [3.63, 3.8) is 0 Å². The van der Waals surface area contributed by atoms with Crippen molar-refractivity contribution in [1.82, 2.24) is 19.6 Å². The molecular formula is C12H13ClN4. The van der Waals surface area contributed by atoms with E-state index in [0.717, 1.165) is 29.5 Å². The molecule has 2 aromatic heterocycles. The monoisotopic (exact) mass is 248 g/mol. The van der Waals surface area contributed by atoms with Crippen molar-refractivity contribution in [3.8, 4) is 0 Å². The summed E-state index contributed by atoms with van der Waals surface area (Å²) in [6, 6.07) is 0. The van der Waals surface area contributed by atoms with Crippen LogP contribution in [0.2, 0.25) is 5.15 Å². The molecule has 0 unspecified atom stereocenters. The zero-order chi connectivity index (χ0) is 11.4. The van der Waals surface area contributed by atoms with Crippen molar-refractivity contribution < 1.29 is 0 Å². The summed E-state index contributed by atoms with van der Waals surface area (Å²) in [5.41, 5.74) is 2.31. The van der Waals surface area contributed by atoms with E-state index in [1.54, 1.807) is 4.52 Å². The van der Waals surface area contributed by atoms with E-state index in [-0.39, 0.29) is 0 Å². The first-order valence-corrected chi connectivity index (χ1v) is 6.64. The van der Waals surface area contributed by atoms with Crippen molar-refractivity contribution in [2.75, 3.05) is 0 Å². The van der Waals surface area contributed by atoms with Gasteiger partial charge in [0.25, 0.3) is 5.78 Å². The number of nitrogens with zero attached hydrogens (tertiary/aromatic N) is 4. The van der Waals surface area contributed by atoms with Gasteiger partial charge in [-0.1, -0.05) is 11.6 Å². The minimum Gasteiger partial charge on any atom is -0.216 e. The van der Waals surface area contributed by atoms with Crippen molar-refractivity contribution in [2.45, 2.75) is 44.4 Å². The second-order valence-corrected chi connectivity index (χ2v) is 5.35. The summed E-state index contributed by atoms with van der Waals surface area (Å²) in [6.45, 7) is 0. The standard InChI is InChI=1S/C12H13ClN4/c13-10-8-3-1-2-4-9(8)14-12-15-11(7-5-6-7)16-17(10)12/h7H,1-6H2. The first-order chi connectivity index (χ1) is 8.33. The Morgan fingerprint density at radius 2 is 1.94 bits per heavy atom. The van der Waals surface area contributed by atoms with Gasteiger partial charge >= 0.3 is 0 Å². The first kappa shape index (κ1) is 9.83. The van der Waals surface area contributed by atoms with E-state index < -0.39 is 0 Å². The molecule has 0 aromatic carbocycles. The van der Waals surface area contributed by atoms with E-state index >= 15 is 0 Å². The molecule has 5 heteroatoms. The van der Waals surface area contributed by atoms with Crippen LogP contribution in [0.25, 0.3) is 5.78 Å². The van der Waals surface area contributed by atoms with E-state index in [9.17, 15) is 0 Å². The maximum atomic E-state index is 6.42. The molecule has 88 valence electrons. The molecule has 2 aromatic rings. The van der Waals surface area contributed by atoms with Gasteiger partial charge in [0.1, 0.15) is 5.15 Å². The average molecular weight is 249 g/mol. The summed E-state index contributed by atoms with van der Waals surface area (Å²) < 4.78 is 1.72. The van der Waals surface area contributed by atoms with Crippen LogP contribution in [0.1, 0.15) is 48.7 Å². The fourth-order valence-electron chi connectivity index (χ4n) is 2.52. The van der Waals surface area contributed by atoms with Crippen LogP contribution in [0.3, 0.4) is 0 Å². The number of hydrogen-bond acceptors (Lipinski definition) is 3. The Balaban J connectivity index is 1.96. The quantitative estimate of drug-likeness (QED) is 0.729. The van der Waals surface area contributed by atoms with Gasteiger partial charge in [-0.2, -0.15) is 9.50 Å². The fraction of sp³-hybridized carbons (Fsp3) is 0.583. The summed E-state index contributed by atoms with van der Waals surface area (Å²) in [7, 11) is 0. The van der Waals surface area contributed by atoms with Crippen LogP contribution in [0.4, 0.5) is 0 Å². The third kappa shape index (κ3) is 1.47. The lowest BCUT2D eigenvalue weighted by molar-refractivity contribution is 0.659. The molecule has 1 saturated carbocycles. The lowest BCUT2D eigenvalue weighted by atomic mass is 9.97. The molecule has 0 atom stereocenters. The van der Waals surface area contributed by atoms with Crippen LogP contribution in [0.5, 0.6) is 0 Å². The maximum Gasteiger partial charge on any atom is 0.254 e. The number of aryl methyl sites for hydroxylation is 1. The Labute approximate surface area is 104 Å². The largest absolute Gasteiger partial charge is 0.254 e. The summed E-state index contributed by atoms with van der Waals surface area (Å²) in [4.78, 5) is 9.11. The molecule has 2 heterocycles. The van der Waals surface area contributed by atoms with E-state index in [2.05, 4.69) is 15.1 Å². The van der Waals surface area contributed by atoms with Gasteiger partial charge in [-0.15, -0.1) is 5.10 Å². The second-order valence-electron chi connectivity index (χ2n) is 4.99. The van der Waals surface area contributed by atoms with Crippen LogP contribution >= 0.6 is 11.6 Å². The average Bonchev–Trinajstić information content (AvgIpc) is 3.11. The van der Waals surface area contributed by atoms with Crippen LogP contribution in [-0.2, 0) is 12.8 Å². The van der Waals surface area contributed by atoms with Crippen LogP contribution in [0.15, 0.2) is 0 Å². The molecule has 1 fully saturated rings. The summed E-state index contributed by atoms with van der Waals surface area (Å²) in [6.07, 6.45) is 6.86. The van der Waals surface area contributed by atoms with Gasteiger partial charge in [0.15, 0.2) is 5.82 Å². The molecule has 4 rings (SSSR count). The number of halogens is 1. The Morgan fingerprint density at radius 1 is 1.12 bits per heavy atom. The van der Waals surface area contributed by atoms with Crippen LogP contribution in [-0.4, -0.2) is 19.6 Å². The minimum absolute atomic E-state index is 0.546. The molecule has 0 spiro atoms. The topological polar surface area (TPSA) is 43.1 Å². The maximum absolute atomic E-state index is 6.42. The van der Waals surface area contributed by atoms with Crippen molar-refractivity contribution >= 4 is 17.4 Å². The molecule has 2 aliphatic rings. The Bertz CT molecular complexity index is 600. The van der Waals surface area contributed by atoms with Crippen molar-refractivity contribution in [3.05, 3.63) is 22.2 Å². The van der Waals surface area contributed by atoms with Crippen LogP contribution in [0, 0.1) is 0 Å². The number of aromatic nitrogens is 4. The molecule has 17 heavy (non-hydrogen) atoms. The fourth-order valence-corrected chi connectivity index (χ4v) is 2.84. The zero-order valence-electron chi connectivity index (χ0n) is 9.49. The van der Waals surface area contributed by atoms with Gasteiger partial charge in [0.05, 0.1) is 5.69 Å². The smallest absolute Gasteiger partial charge is 0.216 e. The van der Waals surface area contributed by atoms with Gasteiger partial charge in [-0.05, 0) is 38.5 Å². The predicted octanol–water partition coefficient (Wildman–Crippen LogP) is 2.53. The molecule has 0 radical (unpaired) electrons. The highest BCUT2D eigenvalue weighted by Gasteiger charge is 2.29. The van der Waals surface area contributed by atoms with E-state index in [1.807, 2.05) is 0 Å². The normalized spacial score (nSPS) is 19.6. The Morgan fingerprint density at radius 3 is 2.76 bits per heavy atom. The highest BCUT2D eigenvalue weighted by molar-refractivity contribution is 6.30. The van der Waals surface area contributed by atoms with Gasteiger partial charge in [0, 0.05) is 11.5 Å². The van der Waals surface area contributed by atoms with Gasteiger partial charge in [0.2, 0.25) is 0 Å². The third-order valence-electron chi connectivity index (χ3n) is 3.66. The molecule has 0 saturated heterocycles. The molecule has 0 amide bonds. The van der Waals surface area contributed by atoms with Gasteiger partial charge in [-0.3, -0.25) is 0 Å². The second kappa shape index (κ2) is 3.42.